The van der Waals surface area contributed by atoms with Crippen LogP contribution in [0.25, 0.3) is 10.8 Å². The third-order valence-electron chi connectivity index (χ3n) is 3.91. The molecule has 0 saturated heterocycles. The number of fused-ring (bicyclic) bond motifs is 1. The van der Waals surface area contributed by atoms with Crippen molar-refractivity contribution in [3.63, 3.8) is 0 Å². The standard InChI is InChI=1S/C19H19NO2/c1-2-12-22-17-9-8-14-4-3-5-15(18(14)13-17)10-11-20-19(21)16-6-7-16/h1,3-5,8-9,13,16H,6-7,10-12H2,(H,20,21). The summed E-state index contributed by atoms with van der Waals surface area (Å²) < 4.78 is 5.49. The zero-order valence-electron chi connectivity index (χ0n) is 12.5. The molecule has 3 nitrogen and oxygen atoms in total. The van der Waals surface area contributed by atoms with Crippen molar-refractivity contribution in [3.05, 3.63) is 42.0 Å². The molecule has 1 aliphatic rings. The summed E-state index contributed by atoms with van der Waals surface area (Å²) in [5.74, 6) is 3.70. The van der Waals surface area contributed by atoms with Gasteiger partial charge in [0.1, 0.15) is 12.4 Å². The van der Waals surface area contributed by atoms with E-state index in [1.165, 1.54) is 10.9 Å². The number of benzene rings is 2. The van der Waals surface area contributed by atoms with Gasteiger partial charge in [0.2, 0.25) is 5.91 Å². The maximum absolute atomic E-state index is 11.7. The minimum Gasteiger partial charge on any atom is -0.481 e. The number of hydrogen-bond acceptors (Lipinski definition) is 2. The Hall–Kier alpha value is -2.47. The van der Waals surface area contributed by atoms with E-state index in [9.17, 15) is 4.79 Å². The van der Waals surface area contributed by atoms with Gasteiger partial charge in [-0.15, -0.1) is 6.42 Å². The molecular weight excluding hydrogens is 274 g/mol. The van der Waals surface area contributed by atoms with Gasteiger partial charge < -0.3 is 10.1 Å². The monoisotopic (exact) mass is 293 g/mol. The van der Waals surface area contributed by atoms with Gasteiger partial charge in [-0.05, 0) is 47.7 Å². The van der Waals surface area contributed by atoms with Crippen LogP contribution in [0.1, 0.15) is 18.4 Å². The van der Waals surface area contributed by atoms with Crippen molar-refractivity contribution in [2.75, 3.05) is 13.2 Å². The molecule has 1 aliphatic carbocycles. The molecule has 2 aromatic rings. The Morgan fingerprint density at radius 3 is 2.95 bits per heavy atom. The maximum atomic E-state index is 11.7. The van der Waals surface area contributed by atoms with Gasteiger partial charge in [-0.3, -0.25) is 4.79 Å². The number of hydrogen-bond donors (Lipinski definition) is 1. The second-order valence-corrected chi connectivity index (χ2v) is 5.61. The van der Waals surface area contributed by atoms with Gasteiger partial charge in [0.15, 0.2) is 0 Å². The van der Waals surface area contributed by atoms with Crippen LogP contribution in [0.3, 0.4) is 0 Å². The van der Waals surface area contributed by atoms with Crippen molar-refractivity contribution in [3.8, 4) is 18.1 Å². The number of carbonyl (C=O) groups excluding carboxylic acids is 1. The third kappa shape index (κ3) is 3.40. The molecule has 1 fully saturated rings. The van der Waals surface area contributed by atoms with Crippen LogP contribution < -0.4 is 10.1 Å². The summed E-state index contributed by atoms with van der Waals surface area (Å²) in [6.45, 7) is 0.939. The molecule has 3 heteroatoms. The van der Waals surface area contributed by atoms with Crippen molar-refractivity contribution < 1.29 is 9.53 Å². The van der Waals surface area contributed by atoms with Crippen molar-refractivity contribution in [1.82, 2.24) is 5.32 Å². The Bertz CT molecular complexity index is 726. The molecular formula is C19H19NO2. The molecule has 0 radical (unpaired) electrons. The summed E-state index contributed by atoms with van der Waals surface area (Å²) in [4.78, 5) is 11.7. The lowest BCUT2D eigenvalue weighted by atomic mass is 10.0. The van der Waals surface area contributed by atoms with Gasteiger partial charge in [-0.1, -0.05) is 30.2 Å². The summed E-state index contributed by atoms with van der Waals surface area (Å²) in [5, 5.41) is 5.33. The van der Waals surface area contributed by atoms with Gasteiger partial charge in [0.25, 0.3) is 0 Å². The van der Waals surface area contributed by atoms with Crippen LogP contribution in [0.15, 0.2) is 36.4 Å². The summed E-state index contributed by atoms with van der Waals surface area (Å²) in [7, 11) is 0. The first-order chi connectivity index (χ1) is 10.8. The van der Waals surface area contributed by atoms with Crippen molar-refractivity contribution >= 4 is 16.7 Å². The highest BCUT2D eigenvalue weighted by Gasteiger charge is 2.28. The topological polar surface area (TPSA) is 38.3 Å². The van der Waals surface area contributed by atoms with Gasteiger partial charge in [-0.25, -0.2) is 0 Å². The van der Waals surface area contributed by atoms with Gasteiger partial charge >= 0.3 is 0 Å². The van der Waals surface area contributed by atoms with E-state index in [4.69, 9.17) is 11.2 Å². The summed E-state index contributed by atoms with van der Waals surface area (Å²) in [6.07, 6.45) is 8.12. The first kappa shape index (κ1) is 14.5. The second kappa shape index (κ2) is 6.53. The molecule has 0 unspecified atom stereocenters. The van der Waals surface area contributed by atoms with E-state index in [0.29, 0.717) is 6.54 Å². The molecule has 0 spiro atoms. The fourth-order valence-electron chi connectivity index (χ4n) is 2.56. The molecule has 0 bridgehead atoms. The number of terminal acetylenes is 1. The summed E-state index contributed by atoms with van der Waals surface area (Å²) >= 11 is 0. The Morgan fingerprint density at radius 2 is 2.18 bits per heavy atom. The van der Waals surface area contributed by atoms with Crippen LogP contribution in [-0.4, -0.2) is 19.1 Å². The van der Waals surface area contributed by atoms with E-state index in [1.54, 1.807) is 0 Å². The lowest BCUT2D eigenvalue weighted by Gasteiger charge is -2.10. The number of amides is 1. The molecule has 0 atom stereocenters. The van der Waals surface area contributed by atoms with Crippen LogP contribution in [0.2, 0.25) is 0 Å². The number of nitrogens with one attached hydrogen (secondary N) is 1. The van der Waals surface area contributed by atoms with Crippen LogP contribution >= 0.6 is 0 Å². The molecule has 0 aliphatic heterocycles. The normalized spacial score (nSPS) is 13.6. The Labute approximate surface area is 130 Å². The van der Waals surface area contributed by atoms with E-state index < -0.39 is 0 Å². The summed E-state index contributed by atoms with van der Waals surface area (Å²) in [5.41, 5.74) is 1.21. The van der Waals surface area contributed by atoms with Gasteiger partial charge in [0.05, 0.1) is 0 Å². The minimum atomic E-state index is 0.193. The zero-order valence-corrected chi connectivity index (χ0v) is 12.5. The Kier molecular flexibility index (Phi) is 4.29. The van der Waals surface area contributed by atoms with E-state index >= 15 is 0 Å². The zero-order chi connectivity index (χ0) is 15.4. The Morgan fingerprint density at radius 1 is 1.32 bits per heavy atom. The first-order valence-electron chi connectivity index (χ1n) is 7.63. The summed E-state index contributed by atoms with van der Waals surface area (Å²) in [6, 6.07) is 12.2. The van der Waals surface area contributed by atoms with E-state index in [2.05, 4.69) is 23.4 Å². The Balaban J connectivity index is 1.72. The molecule has 2 aromatic carbocycles. The average molecular weight is 293 g/mol. The fourth-order valence-corrected chi connectivity index (χ4v) is 2.56. The highest BCUT2D eigenvalue weighted by atomic mass is 16.5. The molecule has 112 valence electrons. The first-order valence-corrected chi connectivity index (χ1v) is 7.63. The largest absolute Gasteiger partial charge is 0.481 e. The quantitative estimate of drug-likeness (QED) is 0.832. The molecule has 1 saturated carbocycles. The fraction of sp³-hybridized carbons (Fsp3) is 0.316. The molecule has 22 heavy (non-hydrogen) atoms. The average Bonchev–Trinajstić information content (AvgIpc) is 3.38. The smallest absolute Gasteiger partial charge is 0.223 e. The number of rotatable bonds is 6. The van der Waals surface area contributed by atoms with E-state index in [0.717, 1.165) is 30.4 Å². The third-order valence-corrected chi connectivity index (χ3v) is 3.91. The highest BCUT2D eigenvalue weighted by Crippen LogP contribution is 2.29. The molecule has 0 aromatic heterocycles. The van der Waals surface area contributed by atoms with Crippen LogP contribution in [0.4, 0.5) is 0 Å². The second-order valence-electron chi connectivity index (χ2n) is 5.61. The lowest BCUT2D eigenvalue weighted by molar-refractivity contribution is -0.122. The van der Waals surface area contributed by atoms with Crippen LogP contribution in [0.5, 0.6) is 5.75 Å². The molecule has 1 N–H and O–H groups in total. The predicted molar refractivity (Wildman–Crippen MR) is 87.7 cm³/mol. The van der Waals surface area contributed by atoms with Crippen LogP contribution in [-0.2, 0) is 11.2 Å². The van der Waals surface area contributed by atoms with Crippen molar-refractivity contribution in [2.24, 2.45) is 5.92 Å². The molecule has 0 heterocycles. The highest BCUT2D eigenvalue weighted by molar-refractivity contribution is 5.87. The van der Waals surface area contributed by atoms with Crippen molar-refractivity contribution in [1.29, 1.82) is 0 Å². The number of ether oxygens (including phenoxy) is 1. The van der Waals surface area contributed by atoms with Gasteiger partial charge in [0, 0.05) is 12.5 Å². The maximum Gasteiger partial charge on any atom is 0.223 e. The molecule has 1 amide bonds. The van der Waals surface area contributed by atoms with Crippen LogP contribution in [0, 0.1) is 18.3 Å². The van der Waals surface area contributed by atoms with Crippen molar-refractivity contribution in [2.45, 2.75) is 19.3 Å². The van der Waals surface area contributed by atoms with E-state index in [-0.39, 0.29) is 18.4 Å². The predicted octanol–water partition coefficient (Wildman–Crippen LogP) is 2.92. The van der Waals surface area contributed by atoms with Gasteiger partial charge in [-0.2, -0.15) is 0 Å². The lowest BCUT2D eigenvalue weighted by Crippen LogP contribution is -2.26. The molecule has 3 rings (SSSR count). The minimum absolute atomic E-state index is 0.193. The van der Waals surface area contributed by atoms with E-state index in [1.807, 2.05) is 24.3 Å². The SMILES string of the molecule is C#CCOc1ccc2cccc(CCNC(=O)C3CC3)c2c1. The number of carbonyl (C=O) groups is 1.